The van der Waals surface area contributed by atoms with Crippen LogP contribution >= 0.6 is 11.8 Å². The molecule has 3 fully saturated rings. The Kier molecular flexibility index (Phi) is 9.94. The highest BCUT2D eigenvalue weighted by molar-refractivity contribution is 8.15. The lowest BCUT2D eigenvalue weighted by Gasteiger charge is -2.28. The summed E-state index contributed by atoms with van der Waals surface area (Å²) < 4.78 is 16.5. The van der Waals surface area contributed by atoms with Crippen LogP contribution < -0.4 is 10.2 Å². The zero-order valence-corrected chi connectivity index (χ0v) is 27.7. The van der Waals surface area contributed by atoms with Gasteiger partial charge in [0.25, 0.3) is 0 Å². The highest BCUT2D eigenvalue weighted by Crippen LogP contribution is 2.41. The number of nitrogens with zero attached hydrogens (tertiary/aromatic N) is 4. The van der Waals surface area contributed by atoms with E-state index >= 15 is 0 Å². The molecule has 0 saturated carbocycles. The molecule has 11 nitrogen and oxygen atoms in total. The van der Waals surface area contributed by atoms with E-state index in [-0.39, 0.29) is 25.0 Å². The van der Waals surface area contributed by atoms with Crippen LogP contribution in [0.1, 0.15) is 35.0 Å². The number of benzene rings is 3. The van der Waals surface area contributed by atoms with Gasteiger partial charge in [0.05, 0.1) is 31.7 Å². The van der Waals surface area contributed by atoms with Crippen LogP contribution in [0.4, 0.5) is 21.9 Å². The summed E-state index contributed by atoms with van der Waals surface area (Å²) in [6.45, 7) is 4.00. The van der Waals surface area contributed by atoms with E-state index in [4.69, 9.17) is 18.9 Å². The number of likely N-dealkylation sites (tertiary alicyclic amines) is 1. The summed E-state index contributed by atoms with van der Waals surface area (Å²) in [4.78, 5) is 50.2. The molecule has 7 rings (SSSR count). The van der Waals surface area contributed by atoms with Crippen molar-refractivity contribution in [2.45, 2.75) is 37.3 Å². The number of anilines is 2. The molecule has 252 valence electrons. The quantitative estimate of drug-likeness (QED) is 0.217. The number of nitrogens with one attached hydrogen (secondary N) is 1. The van der Waals surface area contributed by atoms with E-state index in [1.807, 2.05) is 72.8 Å². The number of hydrogen-bond donors (Lipinski definition) is 1. The number of carbonyl (C=O) groups is 3. The van der Waals surface area contributed by atoms with Gasteiger partial charge in [0, 0.05) is 31.0 Å². The van der Waals surface area contributed by atoms with Crippen LogP contribution in [0.3, 0.4) is 0 Å². The van der Waals surface area contributed by atoms with Gasteiger partial charge in [-0.15, -0.1) is 0 Å². The molecule has 1 aromatic heterocycles. The summed E-state index contributed by atoms with van der Waals surface area (Å²) in [7, 11) is 0. The molecule has 0 spiro atoms. The predicted octanol–water partition coefficient (Wildman–Crippen LogP) is 6.36. The summed E-state index contributed by atoms with van der Waals surface area (Å²) in [5, 5.41) is 3.01. The Labute approximate surface area is 288 Å². The molecule has 3 aliphatic rings. The second-order valence-electron chi connectivity index (χ2n) is 12.0. The fourth-order valence-electron chi connectivity index (χ4n) is 6.15. The molecule has 2 atom stereocenters. The van der Waals surface area contributed by atoms with E-state index in [9.17, 15) is 14.4 Å². The summed E-state index contributed by atoms with van der Waals surface area (Å²) in [5.74, 6) is 0.289. The Morgan fingerprint density at radius 2 is 1.69 bits per heavy atom. The number of morpholine rings is 1. The minimum Gasteiger partial charge on any atom is -0.467 e. The first-order valence-corrected chi connectivity index (χ1v) is 17.3. The first-order valence-electron chi connectivity index (χ1n) is 16.4. The van der Waals surface area contributed by atoms with Gasteiger partial charge in [0.1, 0.15) is 23.7 Å². The number of aliphatic imine (C=N–C) groups is 1. The summed E-state index contributed by atoms with van der Waals surface area (Å²) in [5.41, 5.74) is 4.12. The topological polar surface area (TPSA) is 117 Å². The van der Waals surface area contributed by atoms with Gasteiger partial charge in [-0.1, -0.05) is 54.2 Å². The van der Waals surface area contributed by atoms with Gasteiger partial charge in [-0.2, -0.15) is 0 Å². The van der Waals surface area contributed by atoms with Crippen molar-refractivity contribution < 1.29 is 28.3 Å². The van der Waals surface area contributed by atoms with Crippen molar-refractivity contribution >= 4 is 51.9 Å². The molecule has 0 bridgehead atoms. The first kappa shape index (κ1) is 32.5. The lowest BCUT2D eigenvalue weighted by atomic mass is 10.1. The third-order valence-corrected chi connectivity index (χ3v) is 10.00. The largest absolute Gasteiger partial charge is 0.467 e. The van der Waals surface area contributed by atoms with Crippen LogP contribution in [0.15, 0.2) is 107 Å². The lowest BCUT2D eigenvalue weighted by Crippen LogP contribution is -2.43. The van der Waals surface area contributed by atoms with E-state index in [1.54, 1.807) is 29.4 Å². The van der Waals surface area contributed by atoms with Crippen LogP contribution in [0, 0.1) is 0 Å². The van der Waals surface area contributed by atoms with Crippen LogP contribution in [0.5, 0.6) is 0 Å². The van der Waals surface area contributed by atoms with Crippen LogP contribution in [0.2, 0.25) is 0 Å². The molecular formula is C37H37N5O6S. The van der Waals surface area contributed by atoms with Crippen molar-refractivity contribution in [1.82, 2.24) is 9.80 Å². The van der Waals surface area contributed by atoms with Crippen LogP contribution in [0.25, 0.3) is 0 Å². The maximum absolute atomic E-state index is 13.8. The number of rotatable bonds is 9. The predicted molar refractivity (Wildman–Crippen MR) is 188 cm³/mol. The molecular weight excluding hydrogens is 643 g/mol. The number of amides is 3. The highest BCUT2D eigenvalue weighted by atomic mass is 32.2. The maximum Gasteiger partial charge on any atom is 0.410 e. The number of thioether (sulfide) groups is 1. The van der Waals surface area contributed by atoms with Gasteiger partial charge in [-0.25, -0.2) is 9.79 Å². The Morgan fingerprint density at radius 1 is 0.918 bits per heavy atom. The molecule has 3 amide bonds. The van der Waals surface area contributed by atoms with Gasteiger partial charge < -0.3 is 24.1 Å². The molecule has 4 heterocycles. The van der Waals surface area contributed by atoms with Crippen molar-refractivity contribution in [2.75, 3.05) is 43.1 Å². The molecule has 49 heavy (non-hydrogen) atoms. The third kappa shape index (κ3) is 7.65. The van der Waals surface area contributed by atoms with Gasteiger partial charge in [-0.3, -0.25) is 19.4 Å². The molecule has 3 aromatic carbocycles. The van der Waals surface area contributed by atoms with Crippen molar-refractivity contribution in [2.24, 2.45) is 4.99 Å². The van der Waals surface area contributed by atoms with E-state index in [1.165, 1.54) is 16.7 Å². The fraction of sp³-hybridized carbons (Fsp3) is 0.297. The highest BCUT2D eigenvalue weighted by Gasteiger charge is 2.40. The molecule has 1 unspecified atom stereocenters. The zero-order valence-electron chi connectivity index (χ0n) is 26.9. The molecule has 0 aliphatic carbocycles. The standard InChI is InChI=1S/C37H37N5O6S/c43-34(32-9-4-18-41(32)37(45)48-25-26-6-2-1-3-7-26)38-28-12-10-27(11-13-28)33-35(44)42(24-31-8-5-21-47-31)36(49-33)39-29-14-16-30(17-15-29)40-19-22-46-23-20-40/h1-3,5-8,10-17,21,32-33H,4,9,18-20,22-25H2,(H,38,43)/b39-36-/t32-,33?/m0/s1. The normalized spacial score (nSPS) is 20.2. The number of hydrogen-bond acceptors (Lipinski definition) is 9. The number of amidine groups is 1. The molecule has 0 radical (unpaired) electrons. The van der Waals surface area contributed by atoms with Crippen molar-refractivity contribution in [3.63, 3.8) is 0 Å². The van der Waals surface area contributed by atoms with Gasteiger partial charge in [-0.05, 0) is 72.5 Å². The second-order valence-corrected chi connectivity index (χ2v) is 13.1. The van der Waals surface area contributed by atoms with Gasteiger partial charge in [0.15, 0.2) is 5.17 Å². The number of ether oxygens (including phenoxy) is 2. The summed E-state index contributed by atoms with van der Waals surface area (Å²) in [6.07, 6.45) is 2.36. The lowest BCUT2D eigenvalue weighted by molar-refractivity contribution is -0.126. The van der Waals surface area contributed by atoms with Crippen molar-refractivity contribution in [1.29, 1.82) is 0 Å². The maximum atomic E-state index is 13.8. The third-order valence-electron chi connectivity index (χ3n) is 8.77. The van der Waals surface area contributed by atoms with Crippen molar-refractivity contribution in [3.05, 3.63) is 114 Å². The van der Waals surface area contributed by atoms with E-state index in [0.29, 0.717) is 42.8 Å². The molecule has 4 aromatic rings. The van der Waals surface area contributed by atoms with Crippen LogP contribution in [-0.2, 0) is 32.2 Å². The smallest absolute Gasteiger partial charge is 0.410 e. The Bertz CT molecular complexity index is 1780. The fourth-order valence-corrected chi connectivity index (χ4v) is 7.33. The molecule has 12 heteroatoms. The second kappa shape index (κ2) is 15.0. The minimum absolute atomic E-state index is 0.0996. The summed E-state index contributed by atoms with van der Waals surface area (Å²) in [6, 6.07) is 27.7. The molecule has 1 N–H and O–H groups in total. The SMILES string of the molecule is O=C(Nc1ccc(C2S/C(=N\c3ccc(N4CCOCC4)cc3)N(Cc3ccco3)C2=O)cc1)[C@@H]1CCCN1C(=O)OCc1ccccc1. The number of carbonyl (C=O) groups excluding carboxylic acids is 3. The van der Waals surface area contributed by atoms with E-state index < -0.39 is 17.4 Å². The van der Waals surface area contributed by atoms with Gasteiger partial charge >= 0.3 is 6.09 Å². The van der Waals surface area contributed by atoms with Crippen LogP contribution in [-0.4, -0.2) is 71.8 Å². The van der Waals surface area contributed by atoms with E-state index in [0.717, 1.165) is 42.0 Å². The van der Waals surface area contributed by atoms with Gasteiger partial charge in [0.2, 0.25) is 11.8 Å². The summed E-state index contributed by atoms with van der Waals surface area (Å²) >= 11 is 1.39. The Morgan fingerprint density at radius 3 is 2.43 bits per heavy atom. The zero-order chi connectivity index (χ0) is 33.6. The number of furan rings is 1. The average Bonchev–Trinajstić information content (AvgIpc) is 3.91. The molecule has 3 aliphatic heterocycles. The first-order chi connectivity index (χ1) is 24.0. The minimum atomic E-state index is -0.619. The Balaban J connectivity index is 1.02. The average molecular weight is 680 g/mol. The molecule has 3 saturated heterocycles. The van der Waals surface area contributed by atoms with Crippen molar-refractivity contribution in [3.8, 4) is 0 Å². The van der Waals surface area contributed by atoms with E-state index in [2.05, 4.69) is 10.2 Å². The monoisotopic (exact) mass is 679 g/mol. The Hall–Kier alpha value is -5.07.